The first-order valence-corrected chi connectivity index (χ1v) is 5.24. The first kappa shape index (κ1) is 15.4. The standard InChI is InChI=1S/C11H16O.C2H6/c1-4-7-9-11(12)10(6-3)8-5-2;1-2/h5-6,8H,2-4,7,9H2,1H3;1-2H3/b10-8+;. The zero-order valence-corrected chi connectivity index (χ0v) is 9.68. The summed E-state index contributed by atoms with van der Waals surface area (Å²) < 4.78 is 0. The Kier molecular flexibility index (Phi) is 13.1. The van der Waals surface area contributed by atoms with Gasteiger partial charge in [-0.15, -0.1) is 0 Å². The average Bonchev–Trinajstić information content (AvgIpc) is 2.25. The van der Waals surface area contributed by atoms with Crippen LogP contribution in [0.3, 0.4) is 0 Å². The van der Waals surface area contributed by atoms with E-state index in [2.05, 4.69) is 20.1 Å². The van der Waals surface area contributed by atoms with Gasteiger partial charge in [-0.2, -0.15) is 0 Å². The van der Waals surface area contributed by atoms with E-state index in [4.69, 9.17) is 0 Å². The third-order valence-electron chi connectivity index (χ3n) is 1.60. The fourth-order valence-electron chi connectivity index (χ4n) is 0.883. The van der Waals surface area contributed by atoms with Crippen molar-refractivity contribution in [3.8, 4) is 0 Å². The maximum absolute atomic E-state index is 11.3. The molecule has 0 heterocycles. The van der Waals surface area contributed by atoms with Gasteiger partial charge in [0.1, 0.15) is 0 Å². The summed E-state index contributed by atoms with van der Waals surface area (Å²) in [7, 11) is 0. The van der Waals surface area contributed by atoms with Crippen molar-refractivity contribution in [2.45, 2.75) is 40.0 Å². The molecule has 0 unspecified atom stereocenters. The minimum Gasteiger partial charge on any atom is -0.294 e. The first-order valence-electron chi connectivity index (χ1n) is 5.24. The van der Waals surface area contributed by atoms with Crippen LogP contribution in [0.2, 0.25) is 0 Å². The van der Waals surface area contributed by atoms with Crippen LogP contribution in [0.25, 0.3) is 0 Å². The molecule has 0 bridgehead atoms. The van der Waals surface area contributed by atoms with Crippen LogP contribution in [0.5, 0.6) is 0 Å². The van der Waals surface area contributed by atoms with Crippen LogP contribution in [0.1, 0.15) is 40.0 Å². The molecule has 0 spiro atoms. The molecule has 0 aromatic carbocycles. The molecule has 0 saturated heterocycles. The molecule has 0 aliphatic rings. The van der Waals surface area contributed by atoms with Crippen molar-refractivity contribution in [1.29, 1.82) is 0 Å². The number of ketones is 1. The average molecular weight is 194 g/mol. The van der Waals surface area contributed by atoms with E-state index >= 15 is 0 Å². The highest BCUT2D eigenvalue weighted by Gasteiger charge is 2.03. The molecular weight excluding hydrogens is 172 g/mol. The van der Waals surface area contributed by atoms with Crippen molar-refractivity contribution < 1.29 is 4.79 Å². The van der Waals surface area contributed by atoms with E-state index < -0.39 is 0 Å². The summed E-state index contributed by atoms with van der Waals surface area (Å²) in [5.74, 6) is 0.159. The number of carbonyl (C=O) groups is 1. The largest absolute Gasteiger partial charge is 0.294 e. The Balaban J connectivity index is 0. The minimum atomic E-state index is 0.159. The third kappa shape index (κ3) is 7.53. The van der Waals surface area contributed by atoms with Crippen LogP contribution < -0.4 is 0 Å². The second kappa shape index (κ2) is 11.9. The van der Waals surface area contributed by atoms with E-state index in [9.17, 15) is 4.79 Å². The molecule has 0 aliphatic carbocycles. The third-order valence-corrected chi connectivity index (χ3v) is 1.60. The van der Waals surface area contributed by atoms with E-state index in [0.717, 1.165) is 12.8 Å². The molecule has 0 aliphatic heterocycles. The molecule has 0 amide bonds. The number of unbranched alkanes of at least 4 members (excludes halogenated alkanes) is 1. The first-order chi connectivity index (χ1) is 6.76. The van der Waals surface area contributed by atoms with Crippen molar-refractivity contribution >= 4 is 5.78 Å². The lowest BCUT2D eigenvalue weighted by Crippen LogP contribution is -1.99. The predicted molar refractivity (Wildman–Crippen MR) is 64.4 cm³/mol. The lowest BCUT2D eigenvalue weighted by atomic mass is 10.1. The van der Waals surface area contributed by atoms with E-state index in [0.29, 0.717) is 12.0 Å². The molecule has 0 aromatic rings. The van der Waals surface area contributed by atoms with Gasteiger partial charge in [0, 0.05) is 12.0 Å². The summed E-state index contributed by atoms with van der Waals surface area (Å²) >= 11 is 0. The van der Waals surface area contributed by atoms with Crippen molar-refractivity contribution in [1.82, 2.24) is 0 Å². The number of carbonyl (C=O) groups excluding carboxylic acids is 1. The highest BCUT2D eigenvalue weighted by molar-refractivity contribution is 5.98. The molecular formula is C13H22O. The molecule has 80 valence electrons. The monoisotopic (exact) mass is 194 g/mol. The van der Waals surface area contributed by atoms with Gasteiger partial charge in [0.2, 0.25) is 0 Å². The van der Waals surface area contributed by atoms with Crippen LogP contribution in [-0.2, 0) is 4.79 Å². The zero-order valence-electron chi connectivity index (χ0n) is 9.68. The highest BCUT2D eigenvalue weighted by Crippen LogP contribution is 2.05. The van der Waals surface area contributed by atoms with Crippen LogP contribution in [-0.4, -0.2) is 5.78 Å². The number of rotatable bonds is 6. The molecule has 0 N–H and O–H groups in total. The lowest BCUT2D eigenvalue weighted by Gasteiger charge is -1.98. The molecule has 0 aromatic heterocycles. The smallest absolute Gasteiger partial charge is 0.162 e. The van der Waals surface area contributed by atoms with Crippen LogP contribution in [0.4, 0.5) is 0 Å². The summed E-state index contributed by atoms with van der Waals surface area (Å²) in [6.07, 6.45) is 7.50. The topological polar surface area (TPSA) is 17.1 Å². The van der Waals surface area contributed by atoms with Crippen LogP contribution in [0, 0.1) is 0 Å². The summed E-state index contributed by atoms with van der Waals surface area (Å²) in [5.41, 5.74) is 0.665. The predicted octanol–water partition coefficient (Wildman–Crippen LogP) is 4.07. The Hall–Kier alpha value is -1.11. The molecule has 1 nitrogen and oxygen atoms in total. The Bertz CT molecular complexity index is 199. The number of Topliss-reactive ketones (excluding diaryl/α,β-unsaturated/α-hetero) is 1. The maximum atomic E-state index is 11.3. The molecule has 0 atom stereocenters. The van der Waals surface area contributed by atoms with E-state index in [-0.39, 0.29) is 5.78 Å². The Morgan fingerprint density at radius 2 is 1.86 bits per heavy atom. The zero-order chi connectivity index (χ0) is 11.4. The van der Waals surface area contributed by atoms with Crippen molar-refractivity contribution in [3.05, 3.63) is 37.0 Å². The van der Waals surface area contributed by atoms with Crippen molar-refractivity contribution in [2.24, 2.45) is 0 Å². The number of hydrogen-bond donors (Lipinski definition) is 0. The molecule has 0 radical (unpaired) electrons. The molecule has 0 fully saturated rings. The number of hydrogen-bond acceptors (Lipinski definition) is 1. The quantitative estimate of drug-likeness (QED) is 0.460. The lowest BCUT2D eigenvalue weighted by molar-refractivity contribution is -0.115. The van der Waals surface area contributed by atoms with Gasteiger partial charge in [0.15, 0.2) is 5.78 Å². The molecule has 0 saturated carbocycles. The van der Waals surface area contributed by atoms with Gasteiger partial charge in [-0.1, -0.05) is 58.6 Å². The summed E-state index contributed by atoms with van der Waals surface area (Å²) in [6, 6.07) is 0. The van der Waals surface area contributed by atoms with E-state index in [1.807, 2.05) is 13.8 Å². The van der Waals surface area contributed by atoms with Gasteiger partial charge in [0.05, 0.1) is 0 Å². The van der Waals surface area contributed by atoms with Gasteiger partial charge >= 0.3 is 0 Å². The summed E-state index contributed by atoms with van der Waals surface area (Å²) in [4.78, 5) is 11.3. The SMILES string of the molecule is C=C/C=C(\C=C)C(=O)CCCC.CC. The Morgan fingerprint density at radius 1 is 1.29 bits per heavy atom. The normalized spacial score (nSPS) is 9.79. The Labute approximate surface area is 88.2 Å². The summed E-state index contributed by atoms with van der Waals surface area (Å²) in [6.45, 7) is 13.2. The minimum absolute atomic E-state index is 0.159. The fraction of sp³-hybridized carbons (Fsp3) is 0.462. The molecule has 14 heavy (non-hydrogen) atoms. The Morgan fingerprint density at radius 3 is 2.21 bits per heavy atom. The second-order valence-corrected chi connectivity index (χ2v) is 2.59. The van der Waals surface area contributed by atoms with Crippen molar-refractivity contribution in [3.63, 3.8) is 0 Å². The van der Waals surface area contributed by atoms with E-state index in [1.165, 1.54) is 0 Å². The molecule has 1 heteroatoms. The van der Waals surface area contributed by atoms with Gasteiger partial charge in [-0.3, -0.25) is 4.79 Å². The maximum Gasteiger partial charge on any atom is 0.162 e. The van der Waals surface area contributed by atoms with Gasteiger partial charge in [-0.05, 0) is 6.42 Å². The van der Waals surface area contributed by atoms with Gasteiger partial charge in [-0.25, -0.2) is 0 Å². The second-order valence-electron chi connectivity index (χ2n) is 2.59. The fourth-order valence-corrected chi connectivity index (χ4v) is 0.883. The summed E-state index contributed by atoms with van der Waals surface area (Å²) in [5, 5.41) is 0. The van der Waals surface area contributed by atoms with Gasteiger partial charge < -0.3 is 0 Å². The van der Waals surface area contributed by atoms with Crippen molar-refractivity contribution in [2.75, 3.05) is 0 Å². The number of allylic oxidation sites excluding steroid dienone is 4. The van der Waals surface area contributed by atoms with E-state index in [1.54, 1.807) is 18.2 Å². The van der Waals surface area contributed by atoms with Gasteiger partial charge in [0.25, 0.3) is 0 Å². The van der Waals surface area contributed by atoms with Crippen LogP contribution >= 0.6 is 0 Å². The highest BCUT2D eigenvalue weighted by atomic mass is 16.1. The molecule has 0 rings (SSSR count). The van der Waals surface area contributed by atoms with Crippen LogP contribution in [0.15, 0.2) is 37.0 Å².